The molecule has 2 aromatic rings. The number of aryl methyl sites for hydroxylation is 1. The Kier molecular flexibility index (Phi) is 4.45. The van der Waals surface area contributed by atoms with Crippen LogP contribution >= 0.6 is 0 Å². The number of aromatic nitrogens is 1. The number of morpholine rings is 1. The van der Waals surface area contributed by atoms with Crippen LogP contribution in [0.4, 0.5) is 0 Å². The molecule has 0 bridgehead atoms. The fourth-order valence-corrected chi connectivity index (χ4v) is 3.05. The normalized spacial score (nSPS) is 16.1. The molecule has 0 spiro atoms. The van der Waals surface area contributed by atoms with Gasteiger partial charge in [0.15, 0.2) is 0 Å². The van der Waals surface area contributed by atoms with Crippen molar-refractivity contribution in [3.8, 4) is 0 Å². The zero-order chi connectivity index (χ0) is 15.5. The van der Waals surface area contributed by atoms with Crippen molar-refractivity contribution < 1.29 is 9.53 Å². The fraction of sp³-hybridized carbons (Fsp3) is 0.471. The van der Waals surface area contributed by atoms with Gasteiger partial charge in [-0.15, -0.1) is 0 Å². The predicted octanol–water partition coefficient (Wildman–Crippen LogP) is 1.55. The molecule has 0 saturated carbocycles. The average Bonchev–Trinajstić information content (AvgIpc) is 2.80. The summed E-state index contributed by atoms with van der Waals surface area (Å²) in [7, 11) is 2.00. The van der Waals surface area contributed by atoms with Gasteiger partial charge in [0.2, 0.25) is 0 Å². The molecule has 1 N–H and O–H groups in total. The second kappa shape index (κ2) is 6.50. The van der Waals surface area contributed by atoms with Gasteiger partial charge in [-0.05, 0) is 13.0 Å². The molecule has 1 aliphatic heterocycles. The molecule has 5 heteroatoms. The van der Waals surface area contributed by atoms with E-state index in [9.17, 15) is 4.79 Å². The highest BCUT2D eigenvalue weighted by Crippen LogP contribution is 2.24. The number of para-hydroxylation sites is 1. The van der Waals surface area contributed by atoms with Gasteiger partial charge in [-0.1, -0.05) is 18.2 Å². The molecule has 0 aliphatic carbocycles. The third-order valence-corrected chi connectivity index (χ3v) is 4.44. The summed E-state index contributed by atoms with van der Waals surface area (Å²) < 4.78 is 7.41. The zero-order valence-electron chi connectivity index (χ0n) is 13.3. The lowest BCUT2D eigenvalue weighted by molar-refractivity contribution is 0.0383. The minimum atomic E-state index is 0.0163. The smallest absolute Gasteiger partial charge is 0.253 e. The summed E-state index contributed by atoms with van der Waals surface area (Å²) in [6.45, 7) is 7.01. The first-order valence-electron chi connectivity index (χ1n) is 7.81. The molecule has 5 nitrogen and oxygen atoms in total. The number of amides is 1. The Morgan fingerprint density at radius 1 is 1.27 bits per heavy atom. The van der Waals surface area contributed by atoms with Gasteiger partial charge in [-0.25, -0.2) is 0 Å². The number of benzene rings is 1. The Labute approximate surface area is 130 Å². The third-order valence-electron chi connectivity index (χ3n) is 4.44. The lowest BCUT2D eigenvalue weighted by atomic mass is 10.1. The van der Waals surface area contributed by atoms with Gasteiger partial charge < -0.3 is 14.6 Å². The predicted molar refractivity (Wildman–Crippen MR) is 87.2 cm³/mol. The summed E-state index contributed by atoms with van der Waals surface area (Å²) in [6, 6.07) is 8.04. The van der Waals surface area contributed by atoms with Crippen LogP contribution in [0.25, 0.3) is 10.9 Å². The number of ether oxygens (including phenoxy) is 1. The Morgan fingerprint density at radius 2 is 2.00 bits per heavy atom. The standard InChI is InChI=1S/C17H23N3O2/c1-13-16(14-5-3-4-6-15(14)19(13)2)17(21)18-7-8-20-9-11-22-12-10-20/h3-6H,7-12H2,1-2H3,(H,18,21). The molecular weight excluding hydrogens is 278 g/mol. The first-order valence-corrected chi connectivity index (χ1v) is 7.81. The van der Waals surface area contributed by atoms with Crippen LogP contribution in [0.2, 0.25) is 0 Å². The molecule has 1 fully saturated rings. The molecule has 2 heterocycles. The van der Waals surface area contributed by atoms with Crippen molar-refractivity contribution in [2.24, 2.45) is 7.05 Å². The minimum absolute atomic E-state index is 0.0163. The van der Waals surface area contributed by atoms with Crippen LogP contribution in [0, 0.1) is 6.92 Å². The molecule has 0 atom stereocenters. The summed E-state index contributed by atoms with van der Waals surface area (Å²) in [5, 5.41) is 4.08. The second-order valence-electron chi connectivity index (χ2n) is 5.75. The van der Waals surface area contributed by atoms with Gasteiger partial charge in [-0.3, -0.25) is 9.69 Å². The van der Waals surface area contributed by atoms with Gasteiger partial charge in [0.05, 0.1) is 18.8 Å². The van der Waals surface area contributed by atoms with Crippen LogP contribution in [0.5, 0.6) is 0 Å². The highest BCUT2D eigenvalue weighted by Gasteiger charge is 2.18. The fourth-order valence-electron chi connectivity index (χ4n) is 3.05. The van der Waals surface area contributed by atoms with Crippen LogP contribution in [-0.2, 0) is 11.8 Å². The molecule has 1 aromatic heterocycles. The van der Waals surface area contributed by atoms with Crippen molar-refractivity contribution in [2.45, 2.75) is 6.92 Å². The lowest BCUT2D eigenvalue weighted by Gasteiger charge is -2.26. The van der Waals surface area contributed by atoms with Gasteiger partial charge in [-0.2, -0.15) is 0 Å². The lowest BCUT2D eigenvalue weighted by Crippen LogP contribution is -2.41. The van der Waals surface area contributed by atoms with Crippen molar-refractivity contribution in [3.05, 3.63) is 35.5 Å². The molecule has 0 radical (unpaired) electrons. The van der Waals surface area contributed by atoms with Gasteiger partial charge >= 0.3 is 0 Å². The van der Waals surface area contributed by atoms with Gasteiger partial charge in [0.25, 0.3) is 5.91 Å². The number of nitrogens with zero attached hydrogens (tertiary/aromatic N) is 2. The number of carbonyl (C=O) groups excluding carboxylic acids is 1. The summed E-state index contributed by atoms with van der Waals surface area (Å²) in [6.07, 6.45) is 0. The van der Waals surface area contributed by atoms with E-state index in [4.69, 9.17) is 4.74 Å². The Bertz CT molecular complexity index is 672. The van der Waals surface area contributed by atoms with E-state index in [1.165, 1.54) is 0 Å². The molecular formula is C17H23N3O2. The van der Waals surface area contributed by atoms with E-state index in [0.717, 1.165) is 55.0 Å². The summed E-state index contributed by atoms with van der Waals surface area (Å²) in [5.74, 6) is 0.0163. The summed E-state index contributed by atoms with van der Waals surface area (Å²) in [4.78, 5) is 14.9. The van der Waals surface area contributed by atoms with Crippen molar-refractivity contribution >= 4 is 16.8 Å². The maximum absolute atomic E-state index is 12.6. The highest BCUT2D eigenvalue weighted by molar-refractivity contribution is 6.08. The molecule has 1 saturated heterocycles. The summed E-state index contributed by atoms with van der Waals surface area (Å²) in [5.41, 5.74) is 2.89. The van der Waals surface area contributed by atoms with Crippen LogP contribution in [0.15, 0.2) is 24.3 Å². The first-order chi connectivity index (χ1) is 10.7. The van der Waals surface area contributed by atoms with Gasteiger partial charge in [0, 0.05) is 49.8 Å². The molecule has 3 rings (SSSR count). The molecule has 1 aliphatic rings. The number of hydrogen-bond donors (Lipinski definition) is 1. The van der Waals surface area contributed by atoms with Crippen molar-refractivity contribution in [1.29, 1.82) is 0 Å². The number of hydrogen-bond acceptors (Lipinski definition) is 3. The van der Waals surface area contributed by atoms with E-state index in [1.54, 1.807) is 0 Å². The SMILES string of the molecule is Cc1c(C(=O)NCCN2CCOCC2)c2ccccc2n1C. The molecule has 1 aromatic carbocycles. The molecule has 118 valence electrons. The van der Waals surface area contributed by atoms with Crippen molar-refractivity contribution in [1.82, 2.24) is 14.8 Å². The zero-order valence-corrected chi connectivity index (χ0v) is 13.3. The van der Waals surface area contributed by atoms with Crippen LogP contribution in [0.1, 0.15) is 16.1 Å². The van der Waals surface area contributed by atoms with E-state index in [2.05, 4.69) is 14.8 Å². The van der Waals surface area contributed by atoms with Crippen molar-refractivity contribution in [2.75, 3.05) is 39.4 Å². The highest BCUT2D eigenvalue weighted by atomic mass is 16.5. The Hall–Kier alpha value is -1.85. The second-order valence-corrected chi connectivity index (χ2v) is 5.75. The quantitative estimate of drug-likeness (QED) is 0.932. The topological polar surface area (TPSA) is 46.5 Å². The van der Waals surface area contributed by atoms with Crippen LogP contribution in [0.3, 0.4) is 0 Å². The summed E-state index contributed by atoms with van der Waals surface area (Å²) >= 11 is 0. The van der Waals surface area contributed by atoms with E-state index in [1.807, 2.05) is 38.2 Å². The van der Waals surface area contributed by atoms with Crippen LogP contribution in [-0.4, -0.2) is 54.8 Å². The molecule has 0 unspecified atom stereocenters. The monoisotopic (exact) mass is 301 g/mol. The largest absolute Gasteiger partial charge is 0.379 e. The number of carbonyl (C=O) groups is 1. The van der Waals surface area contributed by atoms with E-state index in [-0.39, 0.29) is 5.91 Å². The van der Waals surface area contributed by atoms with E-state index >= 15 is 0 Å². The minimum Gasteiger partial charge on any atom is -0.379 e. The molecule has 22 heavy (non-hydrogen) atoms. The number of fused-ring (bicyclic) bond motifs is 1. The number of nitrogens with one attached hydrogen (secondary N) is 1. The number of rotatable bonds is 4. The maximum atomic E-state index is 12.6. The van der Waals surface area contributed by atoms with E-state index in [0.29, 0.717) is 6.54 Å². The average molecular weight is 301 g/mol. The maximum Gasteiger partial charge on any atom is 0.253 e. The van der Waals surface area contributed by atoms with Crippen LogP contribution < -0.4 is 5.32 Å². The van der Waals surface area contributed by atoms with E-state index < -0.39 is 0 Å². The van der Waals surface area contributed by atoms with Gasteiger partial charge in [0.1, 0.15) is 0 Å². The van der Waals surface area contributed by atoms with Crippen molar-refractivity contribution in [3.63, 3.8) is 0 Å². The Balaban J connectivity index is 1.68. The molecule has 1 amide bonds. The Morgan fingerprint density at radius 3 is 2.77 bits per heavy atom. The third kappa shape index (κ3) is 2.87. The first kappa shape index (κ1) is 15.1.